The number of aldehydes is 1. The molecule has 0 spiro atoms. The Morgan fingerprint density at radius 3 is 2.74 bits per heavy atom. The number of ether oxygens (including phenoxy) is 1. The molecule has 2 aromatic carbocycles. The molecule has 1 heterocycles. The fourth-order valence-corrected chi connectivity index (χ4v) is 2.10. The van der Waals surface area contributed by atoms with Crippen molar-refractivity contribution in [1.29, 1.82) is 0 Å². The lowest BCUT2D eigenvalue weighted by Gasteiger charge is -2.01. The Balaban J connectivity index is 2.17. The van der Waals surface area contributed by atoms with Crippen LogP contribution in [0.2, 0.25) is 0 Å². The highest BCUT2D eigenvalue weighted by Gasteiger charge is 2.09. The summed E-state index contributed by atoms with van der Waals surface area (Å²) in [4.78, 5) is 11.0. The van der Waals surface area contributed by atoms with E-state index in [1.807, 2.05) is 42.5 Å². The number of methoxy groups -OCH3 is 1. The van der Waals surface area contributed by atoms with Crippen LogP contribution in [0.25, 0.3) is 22.3 Å². The first-order valence-electron chi connectivity index (χ1n) is 5.94. The normalized spacial score (nSPS) is 10.6. The van der Waals surface area contributed by atoms with E-state index < -0.39 is 0 Å². The van der Waals surface area contributed by atoms with Crippen LogP contribution >= 0.6 is 0 Å². The minimum absolute atomic E-state index is 0.562. The smallest absolute Gasteiger partial charge is 0.153 e. The Bertz CT molecular complexity index is 741. The number of hydrogen-bond donors (Lipinski definition) is 0. The molecule has 0 N–H and O–H groups in total. The summed E-state index contributed by atoms with van der Waals surface area (Å²) in [5, 5.41) is 0.919. The van der Waals surface area contributed by atoms with E-state index in [1.165, 1.54) is 0 Å². The molecule has 0 aliphatic rings. The predicted octanol–water partition coefficient (Wildman–Crippen LogP) is 3.92. The van der Waals surface area contributed by atoms with Gasteiger partial charge in [0.25, 0.3) is 0 Å². The van der Waals surface area contributed by atoms with Gasteiger partial charge in [0, 0.05) is 10.9 Å². The molecule has 94 valence electrons. The molecule has 3 heteroatoms. The van der Waals surface area contributed by atoms with Gasteiger partial charge in [0.15, 0.2) is 6.29 Å². The first-order valence-corrected chi connectivity index (χ1v) is 5.94. The molecule has 19 heavy (non-hydrogen) atoms. The molecule has 0 unspecified atom stereocenters. The summed E-state index contributed by atoms with van der Waals surface area (Å²) in [5.41, 5.74) is 2.11. The van der Waals surface area contributed by atoms with Crippen LogP contribution in [-0.4, -0.2) is 13.4 Å². The molecular weight excluding hydrogens is 240 g/mol. The molecule has 3 nitrogen and oxygen atoms in total. The van der Waals surface area contributed by atoms with Crippen molar-refractivity contribution in [3.05, 3.63) is 54.1 Å². The van der Waals surface area contributed by atoms with E-state index in [0.717, 1.165) is 28.7 Å². The third-order valence-corrected chi connectivity index (χ3v) is 3.06. The van der Waals surface area contributed by atoms with Crippen molar-refractivity contribution in [3.8, 4) is 17.1 Å². The molecule has 0 atom stereocenters. The lowest BCUT2D eigenvalue weighted by atomic mass is 10.1. The molecule has 1 aromatic heterocycles. The average molecular weight is 252 g/mol. The summed E-state index contributed by atoms with van der Waals surface area (Å²) < 4.78 is 11.0. The molecule has 0 aliphatic heterocycles. The second-order valence-corrected chi connectivity index (χ2v) is 4.23. The van der Waals surface area contributed by atoms with Crippen LogP contribution in [0.4, 0.5) is 0 Å². The first kappa shape index (κ1) is 11.5. The Hall–Kier alpha value is -2.55. The summed E-state index contributed by atoms with van der Waals surface area (Å²) in [7, 11) is 1.63. The maximum atomic E-state index is 11.0. The van der Waals surface area contributed by atoms with Gasteiger partial charge in [0.1, 0.15) is 17.1 Å². The number of carbonyl (C=O) groups excluding carboxylic acids is 1. The van der Waals surface area contributed by atoms with Crippen molar-refractivity contribution in [2.24, 2.45) is 0 Å². The van der Waals surface area contributed by atoms with E-state index in [1.54, 1.807) is 13.2 Å². The van der Waals surface area contributed by atoms with E-state index >= 15 is 0 Å². The van der Waals surface area contributed by atoms with E-state index in [0.29, 0.717) is 11.1 Å². The van der Waals surface area contributed by atoms with Crippen LogP contribution in [-0.2, 0) is 0 Å². The van der Waals surface area contributed by atoms with Crippen molar-refractivity contribution in [1.82, 2.24) is 0 Å². The van der Waals surface area contributed by atoms with E-state index in [-0.39, 0.29) is 0 Å². The van der Waals surface area contributed by atoms with Crippen LogP contribution in [0, 0.1) is 0 Å². The standard InChI is InChI=1S/C16H12O3/c1-18-14-7-3-4-11(8-14)15-9-12-5-2-6-13(10-17)16(12)19-15/h2-10H,1H3. The molecule has 0 radical (unpaired) electrons. The number of hydrogen-bond acceptors (Lipinski definition) is 3. The minimum atomic E-state index is 0.562. The lowest BCUT2D eigenvalue weighted by molar-refractivity contribution is 0.112. The van der Waals surface area contributed by atoms with Gasteiger partial charge in [0.05, 0.1) is 12.7 Å². The van der Waals surface area contributed by atoms with Gasteiger partial charge >= 0.3 is 0 Å². The van der Waals surface area contributed by atoms with Gasteiger partial charge in [0.2, 0.25) is 0 Å². The highest BCUT2D eigenvalue weighted by molar-refractivity contribution is 5.96. The van der Waals surface area contributed by atoms with Crippen molar-refractivity contribution in [2.45, 2.75) is 0 Å². The van der Waals surface area contributed by atoms with Crippen LogP contribution in [0.3, 0.4) is 0 Å². The quantitative estimate of drug-likeness (QED) is 0.663. The number of para-hydroxylation sites is 1. The third kappa shape index (κ3) is 1.99. The van der Waals surface area contributed by atoms with Crippen LogP contribution in [0.15, 0.2) is 52.9 Å². The van der Waals surface area contributed by atoms with Gasteiger partial charge in [-0.1, -0.05) is 24.3 Å². The van der Waals surface area contributed by atoms with Crippen LogP contribution < -0.4 is 4.74 Å². The van der Waals surface area contributed by atoms with E-state index in [4.69, 9.17) is 9.15 Å². The molecule has 0 saturated carbocycles. The SMILES string of the molecule is COc1cccc(-c2cc3cccc(C=O)c3o2)c1. The molecule has 3 aromatic rings. The topological polar surface area (TPSA) is 39.4 Å². The summed E-state index contributed by atoms with van der Waals surface area (Å²) in [6, 6.07) is 15.1. The maximum Gasteiger partial charge on any atom is 0.153 e. The second kappa shape index (κ2) is 4.61. The zero-order valence-electron chi connectivity index (χ0n) is 10.4. The van der Waals surface area contributed by atoms with E-state index in [2.05, 4.69) is 0 Å². The number of carbonyl (C=O) groups is 1. The fourth-order valence-electron chi connectivity index (χ4n) is 2.10. The highest BCUT2D eigenvalue weighted by Crippen LogP contribution is 2.30. The minimum Gasteiger partial charge on any atom is -0.497 e. The van der Waals surface area contributed by atoms with Gasteiger partial charge < -0.3 is 9.15 Å². The molecule has 0 fully saturated rings. The zero-order valence-corrected chi connectivity index (χ0v) is 10.4. The number of benzene rings is 2. The van der Waals surface area contributed by atoms with Crippen molar-refractivity contribution >= 4 is 17.3 Å². The Labute approximate surface area is 110 Å². The molecule has 0 aliphatic carbocycles. The van der Waals surface area contributed by atoms with Crippen molar-refractivity contribution in [2.75, 3.05) is 7.11 Å². The number of fused-ring (bicyclic) bond motifs is 1. The van der Waals surface area contributed by atoms with Gasteiger partial charge in [-0.3, -0.25) is 4.79 Å². The summed E-state index contributed by atoms with van der Waals surface area (Å²) in [5.74, 6) is 1.50. The Morgan fingerprint density at radius 2 is 1.95 bits per heavy atom. The predicted molar refractivity (Wildman–Crippen MR) is 73.6 cm³/mol. The molecule has 0 bridgehead atoms. The Kier molecular flexibility index (Phi) is 2.80. The molecule has 3 rings (SSSR count). The number of rotatable bonds is 3. The summed E-state index contributed by atoms with van der Waals surface area (Å²) in [6.45, 7) is 0. The van der Waals surface area contributed by atoms with Gasteiger partial charge in [-0.2, -0.15) is 0 Å². The first-order chi connectivity index (χ1) is 9.31. The van der Waals surface area contributed by atoms with Gasteiger partial charge in [-0.25, -0.2) is 0 Å². The highest BCUT2D eigenvalue weighted by atomic mass is 16.5. The van der Waals surface area contributed by atoms with Gasteiger partial charge in [-0.05, 0) is 24.3 Å². The maximum absolute atomic E-state index is 11.0. The summed E-state index contributed by atoms with van der Waals surface area (Å²) in [6.07, 6.45) is 0.807. The van der Waals surface area contributed by atoms with Crippen LogP contribution in [0.5, 0.6) is 5.75 Å². The van der Waals surface area contributed by atoms with Crippen molar-refractivity contribution in [3.63, 3.8) is 0 Å². The Morgan fingerprint density at radius 1 is 1.11 bits per heavy atom. The number of furan rings is 1. The van der Waals surface area contributed by atoms with Crippen LogP contribution in [0.1, 0.15) is 10.4 Å². The largest absolute Gasteiger partial charge is 0.497 e. The third-order valence-electron chi connectivity index (χ3n) is 3.06. The fraction of sp³-hybridized carbons (Fsp3) is 0.0625. The second-order valence-electron chi connectivity index (χ2n) is 4.23. The molecule has 0 saturated heterocycles. The average Bonchev–Trinajstić information content (AvgIpc) is 2.91. The lowest BCUT2D eigenvalue weighted by Crippen LogP contribution is -1.82. The van der Waals surface area contributed by atoms with Crippen molar-refractivity contribution < 1.29 is 13.9 Å². The van der Waals surface area contributed by atoms with Gasteiger partial charge in [-0.15, -0.1) is 0 Å². The monoisotopic (exact) mass is 252 g/mol. The summed E-state index contributed by atoms with van der Waals surface area (Å²) >= 11 is 0. The molecule has 0 amide bonds. The zero-order chi connectivity index (χ0) is 13.2. The molecular formula is C16H12O3. The van der Waals surface area contributed by atoms with E-state index in [9.17, 15) is 4.79 Å².